The van der Waals surface area contributed by atoms with Crippen LogP contribution in [-0.4, -0.2) is 46.9 Å². The summed E-state index contributed by atoms with van der Waals surface area (Å²) in [5.74, 6) is -0.160. The molecule has 2 atom stereocenters. The molecule has 1 aliphatic heterocycles. The van der Waals surface area contributed by atoms with Crippen molar-refractivity contribution < 1.29 is 22.7 Å². The van der Waals surface area contributed by atoms with E-state index in [1.165, 1.54) is 19.1 Å². The van der Waals surface area contributed by atoms with E-state index in [4.69, 9.17) is 4.74 Å². The molecule has 0 radical (unpaired) electrons. The Morgan fingerprint density at radius 3 is 2.64 bits per heavy atom. The molecule has 1 N–H and O–H groups in total. The average Bonchev–Trinajstić information content (AvgIpc) is 3.22. The second-order valence-corrected chi connectivity index (χ2v) is 7.01. The van der Waals surface area contributed by atoms with Crippen LogP contribution in [0.1, 0.15) is 30.5 Å². The summed E-state index contributed by atoms with van der Waals surface area (Å²) in [6.07, 6.45) is -0.139. The van der Waals surface area contributed by atoms with Gasteiger partial charge in [0.25, 0.3) is 0 Å². The van der Waals surface area contributed by atoms with Crippen LogP contribution in [-0.2, 0) is 22.3 Å². The molecule has 0 saturated carbocycles. The van der Waals surface area contributed by atoms with E-state index in [9.17, 15) is 18.0 Å². The Hall–Kier alpha value is -2.39. The highest BCUT2D eigenvalue weighted by Gasteiger charge is 2.34. The molecular weight excluding hydrogens is 373 g/mol. The number of alkyl halides is 3. The minimum Gasteiger partial charge on any atom is -0.383 e. The van der Waals surface area contributed by atoms with Gasteiger partial charge in [0.2, 0.25) is 5.91 Å². The van der Waals surface area contributed by atoms with Crippen molar-refractivity contribution in [2.24, 2.45) is 0 Å². The summed E-state index contributed by atoms with van der Waals surface area (Å²) in [5, 5.41) is 7.04. The minimum absolute atomic E-state index is 0.0945. The second kappa shape index (κ2) is 8.32. The fourth-order valence-corrected chi connectivity index (χ4v) is 3.55. The molecule has 1 aromatic carbocycles. The number of amides is 1. The van der Waals surface area contributed by atoms with E-state index in [-0.39, 0.29) is 18.0 Å². The van der Waals surface area contributed by atoms with E-state index >= 15 is 0 Å². The molecule has 1 aliphatic rings. The molecule has 6 nitrogen and oxygen atoms in total. The molecule has 1 aromatic heterocycles. The van der Waals surface area contributed by atoms with Gasteiger partial charge in [-0.1, -0.05) is 12.1 Å². The summed E-state index contributed by atoms with van der Waals surface area (Å²) in [4.78, 5) is 13.4. The Bertz CT molecular complexity index is 804. The van der Waals surface area contributed by atoms with Gasteiger partial charge in [-0.3, -0.25) is 14.4 Å². The Morgan fingerprint density at radius 2 is 2.04 bits per heavy atom. The quantitative estimate of drug-likeness (QED) is 0.814. The summed E-state index contributed by atoms with van der Waals surface area (Å²) in [5.41, 5.74) is 0.803. The number of carbonyl (C=O) groups is 1. The predicted molar refractivity (Wildman–Crippen MR) is 97.7 cm³/mol. The van der Waals surface area contributed by atoms with Crippen LogP contribution in [0.2, 0.25) is 0 Å². The lowest BCUT2D eigenvalue weighted by Gasteiger charge is -2.23. The predicted octanol–water partition coefficient (Wildman–Crippen LogP) is 3.32. The van der Waals surface area contributed by atoms with Gasteiger partial charge < -0.3 is 10.1 Å². The molecule has 1 fully saturated rings. The third-order valence-corrected chi connectivity index (χ3v) is 4.83. The van der Waals surface area contributed by atoms with E-state index in [1.54, 1.807) is 19.5 Å². The van der Waals surface area contributed by atoms with Crippen LogP contribution in [0.25, 0.3) is 0 Å². The summed E-state index contributed by atoms with van der Waals surface area (Å²) >= 11 is 0. The first-order valence-corrected chi connectivity index (χ1v) is 8.97. The Labute approximate surface area is 161 Å². The number of methoxy groups -OCH3 is 1. The van der Waals surface area contributed by atoms with Gasteiger partial charge in [-0.2, -0.15) is 18.3 Å². The van der Waals surface area contributed by atoms with Gasteiger partial charge in [-0.25, -0.2) is 0 Å². The van der Waals surface area contributed by atoms with Crippen molar-refractivity contribution in [2.75, 3.05) is 25.6 Å². The van der Waals surface area contributed by atoms with E-state index in [0.717, 1.165) is 24.1 Å². The maximum atomic E-state index is 12.7. The zero-order valence-corrected chi connectivity index (χ0v) is 15.7. The number of hydrogen-bond acceptors (Lipinski definition) is 4. The lowest BCUT2D eigenvalue weighted by Crippen LogP contribution is -2.32. The van der Waals surface area contributed by atoms with Crippen LogP contribution in [0, 0.1) is 0 Å². The first-order chi connectivity index (χ1) is 13.3. The SMILES string of the molecule is COC[C@@H]1C[C@H](n2cc(NC(C)=O)cn2)CN1Cc1ccc(C(F)(F)F)cc1. The van der Waals surface area contributed by atoms with Crippen LogP contribution >= 0.6 is 0 Å². The van der Waals surface area contributed by atoms with Crippen molar-refractivity contribution in [3.8, 4) is 0 Å². The molecule has 2 aromatic rings. The fourth-order valence-electron chi connectivity index (χ4n) is 3.55. The molecule has 152 valence electrons. The highest BCUT2D eigenvalue weighted by atomic mass is 19.4. The van der Waals surface area contributed by atoms with Crippen molar-refractivity contribution >= 4 is 11.6 Å². The number of nitrogens with zero attached hydrogens (tertiary/aromatic N) is 3. The molecule has 1 amide bonds. The molecular formula is C19H23F3N4O2. The van der Waals surface area contributed by atoms with Crippen LogP contribution in [0.3, 0.4) is 0 Å². The van der Waals surface area contributed by atoms with Gasteiger partial charge in [-0.05, 0) is 24.1 Å². The molecule has 0 unspecified atom stereocenters. The van der Waals surface area contributed by atoms with Gasteiger partial charge in [0.05, 0.1) is 30.1 Å². The highest BCUT2D eigenvalue weighted by Crippen LogP contribution is 2.31. The number of likely N-dealkylation sites (tertiary alicyclic amines) is 1. The van der Waals surface area contributed by atoms with Crippen molar-refractivity contribution in [1.29, 1.82) is 0 Å². The maximum Gasteiger partial charge on any atom is 0.416 e. The number of nitrogens with one attached hydrogen (secondary N) is 1. The largest absolute Gasteiger partial charge is 0.416 e. The number of rotatable bonds is 6. The second-order valence-electron chi connectivity index (χ2n) is 7.01. The minimum atomic E-state index is -4.33. The van der Waals surface area contributed by atoms with Crippen molar-refractivity contribution in [3.05, 3.63) is 47.8 Å². The van der Waals surface area contributed by atoms with E-state index < -0.39 is 11.7 Å². The first kappa shape index (κ1) is 20.3. The number of carbonyl (C=O) groups excluding carboxylic acids is 1. The summed E-state index contributed by atoms with van der Waals surface area (Å²) in [6, 6.07) is 5.48. The smallest absolute Gasteiger partial charge is 0.383 e. The van der Waals surface area contributed by atoms with E-state index in [1.807, 2.05) is 4.68 Å². The van der Waals surface area contributed by atoms with Gasteiger partial charge in [0.1, 0.15) is 0 Å². The molecule has 1 saturated heterocycles. The van der Waals surface area contributed by atoms with Crippen LogP contribution < -0.4 is 5.32 Å². The third kappa shape index (κ3) is 4.90. The first-order valence-electron chi connectivity index (χ1n) is 8.97. The van der Waals surface area contributed by atoms with Gasteiger partial charge in [0, 0.05) is 39.4 Å². The number of aromatic nitrogens is 2. The summed E-state index contributed by atoms with van der Waals surface area (Å²) in [6.45, 7) is 3.18. The van der Waals surface area contributed by atoms with E-state index in [2.05, 4.69) is 15.3 Å². The number of benzene rings is 1. The Morgan fingerprint density at radius 1 is 1.32 bits per heavy atom. The van der Waals surface area contributed by atoms with E-state index in [0.29, 0.717) is 25.4 Å². The zero-order valence-electron chi connectivity index (χ0n) is 15.7. The van der Waals surface area contributed by atoms with Crippen molar-refractivity contribution in [2.45, 2.75) is 38.1 Å². The molecule has 0 aliphatic carbocycles. The number of ether oxygens (including phenoxy) is 1. The third-order valence-electron chi connectivity index (χ3n) is 4.83. The molecule has 28 heavy (non-hydrogen) atoms. The molecule has 0 spiro atoms. The molecule has 2 heterocycles. The lowest BCUT2D eigenvalue weighted by atomic mass is 10.1. The number of anilines is 1. The molecule has 0 bridgehead atoms. The topological polar surface area (TPSA) is 59.4 Å². The Balaban J connectivity index is 1.69. The maximum absolute atomic E-state index is 12.7. The number of hydrogen-bond donors (Lipinski definition) is 1. The normalized spacial score (nSPS) is 20.5. The van der Waals surface area contributed by atoms with Crippen LogP contribution in [0.4, 0.5) is 18.9 Å². The lowest BCUT2D eigenvalue weighted by molar-refractivity contribution is -0.137. The van der Waals surface area contributed by atoms with Crippen LogP contribution in [0.15, 0.2) is 36.7 Å². The Kier molecular flexibility index (Phi) is 6.04. The standard InChI is InChI=1S/C19H23F3N4O2/c1-13(27)24-16-8-23-26(10-16)17-7-18(12-28-2)25(11-17)9-14-3-5-15(6-4-14)19(20,21)22/h3-6,8,10,17-18H,7,9,11-12H2,1-2H3,(H,24,27)/t17-,18-/m0/s1. The molecule has 3 rings (SSSR count). The summed E-state index contributed by atoms with van der Waals surface area (Å²) in [7, 11) is 1.63. The fraction of sp³-hybridized carbons (Fsp3) is 0.474. The van der Waals surface area contributed by atoms with Crippen molar-refractivity contribution in [1.82, 2.24) is 14.7 Å². The van der Waals surface area contributed by atoms with Gasteiger partial charge in [-0.15, -0.1) is 0 Å². The van der Waals surface area contributed by atoms with Gasteiger partial charge >= 0.3 is 6.18 Å². The monoisotopic (exact) mass is 396 g/mol. The highest BCUT2D eigenvalue weighted by molar-refractivity contribution is 5.88. The number of halogens is 3. The van der Waals surface area contributed by atoms with Crippen LogP contribution in [0.5, 0.6) is 0 Å². The van der Waals surface area contributed by atoms with Crippen molar-refractivity contribution in [3.63, 3.8) is 0 Å². The zero-order chi connectivity index (χ0) is 20.3. The van der Waals surface area contributed by atoms with Gasteiger partial charge in [0.15, 0.2) is 0 Å². The molecule has 9 heteroatoms. The summed E-state index contributed by atoms with van der Waals surface area (Å²) < 4.78 is 45.4. The average molecular weight is 396 g/mol.